The van der Waals surface area contributed by atoms with E-state index in [0.29, 0.717) is 12.8 Å². The van der Waals surface area contributed by atoms with Crippen LogP contribution < -0.4 is 0 Å². The van der Waals surface area contributed by atoms with Crippen LogP contribution in [0.3, 0.4) is 0 Å². The topological polar surface area (TPSA) is 100 Å². The van der Waals surface area contributed by atoms with E-state index in [9.17, 15) is 9.59 Å². The number of carbonyl (C=O) groups is 2. The number of carbonyl (C=O) groups excluding carboxylic acids is 2. The van der Waals surface area contributed by atoms with Crippen LogP contribution in [0.15, 0.2) is 0 Å². The van der Waals surface area contributed by atoms with Crippen molar-refractivity contribution in [1.82, 2.24) is 0 Å². The first kappa shape index (κ1) is 17.9. The van der Waals surface area contributed by atoms with Crippen LogP contribution in [0.2, 0.25) is 0 Å². The Kier molecular flexibility index (Phi) is 6.72. The molecule has 6 heteroatoms. The molecule has 0 saturated heterocycles. The van der Waals surface area contributed by atoms with Gasteiger partial charge in [0, 0.05) is 12.8 Å². The van der Waals surface area contributed by atoms with E-state index in [2.05, 4.69) is 0 Å². The Morgan fingerprint density at radius 1 is 0.850 bits per heavy atom. The molecule has 0 radical (unpaired) electrons. The SMILES string of the molecule is CC(C)(C#N)OC(=O)CCCCC(=O)OC(C)(C)C#N. The number of hydrogen-bond donors (Lipinski definition) is 0. The molecule has 0 saturated carbocycles. The zero-order valence-corrected chi connectivity index (χ0v) is 12.4. The van der Waals surface area contributed by atoms with E-state index in [0.717, 1.165) is 0 Å². The van der Waals surface area contributed by atoms with Crippen LogP contribution in [-0.2, 0) is 19.1 Å². The summed E-state index contributed by atoms with van der Waals surface area (Å²) in [6.45, 7) is 6.02. The first-order chi connectivity index (χ1) is 9.12. The molecule has 0 amide bonds. The van der Waals surface area contributed by atoms with E-state index in [1.165, 1.54) is 27.7 Å². The molecule has 0 aromatic heterocycles. The van der Waals surface area contributed by atoms with Crippen molar-refractivity contribution >= 4 is 11.9 Å². The summed E-state index contributed by atoms with van der Waals surface area (Å²) in [6.07, 6.45) is 1.20. The van der Waals surface area contributed by atoms with Gasteiger partial charge < -0.3 is 9.47 Å². The van der Waals surface area contributed by atoms with Gasteiger partial charge in [0.1, 0.15) is 12.1 Å². The maximum atomic E-state index is 11.4. The Labute approximate surface area is 119 Å². The van der Waals surface area contributed by atoms with Gasteiger partial charge in [-0.25, -0.2) is 0 Å². The molecule has 0 bridgehead atoms. The van der Waals surface area contributed by atoms with Crippen LogP contribution in [0.5, 0.6) is 0 Å². The molecule has 0 aromatic carbocycles. The van der Waals surface area contributed by atoms with Crippen molar-refractivity contribution in [1.29, 1.82) is 10.5 Å². The highest BCUT2D eigenvalue weighted by molar-refractivity contribution is 5.71. The number of rotatable bonds is 7. The van der Waals surface area contributed by atoms with Gasteiger partial charge in [0.05, 0.1) is 0 Å². The third-order valence-electron chi connectivity index (χ3n) is 2.29. The van der Waals surface area contributed by atoms with E-state index in [4.69, 9.17) is 20.0 Å². The predicted molar refractivity (Wildman–Crippen MR) is 70.0 cm³/mol. The largest absolute Gasteiger partial charge is 0.444 e. The molecular weight excluding hydrogens is 260 g/mol. The summed E-state index contributed by atoms with van der Waals surface area (Å²) in [4.78, 5) is 22.8. The van der Waals surface area contributed by atoms with Crippen LogP contribution >= 0.6 is 0 Å². The minimum atomic E-state index is -1.13. The molecule has 0 N–H and O–H groups in total. The molecule has 0 fully saturated rings. The lowest BCUT2D eigenvalue weighted by Crippen LogP contribution is -2.26. The van der Waals surface area contributed by atoms with E-state index in [1.807, 2.05) is 12.1 Å². The first-order valence-electron chi connectivity index (χ1n) is 6.38. The Balaban J connectivity index is 3.89. The Hall–Kier alpha value is -2.08. The second-order valence-electron chi connectivity index (χ2n) is 5.40. The summed E-state index contributed by atoms with van der Waals surface area (Å²) >= 11 is 0. The molecule has 20 heavy (non-hydrogen) atoms. The zero-order chi connectivity index (χ0) is 15.8. The van der Waals surface area contributed by atoms with Crippen molar-refractivity contribution < 1.29 is 19.1 Å². The van der Waals surface area contributed by atoms with Gasteiger partial charge in [-0.3, -0.25) is 9.59 Å². The summed E-state index contributed by atoms with van der Waals surface area (Å²) in [5.74, 6) is -0.940. The fourth-order valence-electron chi connectivity index (χ4n) is 1.26. The lowest BCUT2D eigenvalue weighted by Gasteiger charge is -2.17. The number of ether oxygens (including phenoxy) is 2. The van der Waals surface area contributed by atoms with Crippen LogP contribution in [0.1, 0.15) is 53.4 Å². The van der Waals surface area contributed by atoms with Crippen LogP contribution in [0, 0.1) is 22.7 Å². The normalized spacial score (nSPS) is 11.1. The van der Waals surface area contributed by atoms with Crippen LogP contribution in [0.25, 0.3) is 0 Å². The van der Waals surface area contributed by atoms with E-state index < -0.39 is 23.1 Å². The van der Waals surface area contributed by atoms with Crippen LogP contribution in [0.4, 0.5) is 0 Å². The number of nitrogens with zero attached hydrogens (tertiary/aromatic N) is 2. The third-order valence-corrected chi connectivity index (χ3v) is 2.29. The minimum Gasteiger partial charge on any atom is -0.444 e. The van der Waals surface area contributed by atoms with Crippen molar-refractivity contribution in [3.8, 4) is 12.1 Å². The molecule has 110 valence electrons. The number of nitriles is 2. The van der Waals surface area contributed by atoms with Gasteiger partial charge in [-0.2, -0.15) is 10.5 Å². The lowest BCUT2D eigenvalue weighted by atomic mass is 10.1. The molecular formula is C14H20N2O4. The summed E-state index contributed by atoms with van der Waals surface area (Å²) < 4.78 is 9.87. The molecule has 0 atom stereocenters. The second-order valence-corrected chi connectivity index (χ2v) is 5.40. The molecule has 6 nitrogen and oxygen atoms in total. The zero-order valence-electron chi connectivity index (χ0n) is 12.4. The van der Waals surface area contributed by atoms with Gasteiger partial charge in [-0.1, -0.05) is 0 Å². The summed E-state index contributed by atoms with van der Waals surface area (Å²) in [6, 6.07) is 3.73. The third kappa shape index (κ3) is 8.10. The van der Waals surface area contributed by atoms with Gasteiger partial charge in [0.15, 0.2) is 11.2 Å². The second kappa shape index (κ2) is 7.49. The monoisotopic (exact) mass is 280 g/mol. The fourth-order valence-corrected chi connectivity index (χ4v) is 1.26. The highest BCUT2D eigenvalue weighted by atomic mass is 16.6. The molecule has 0 aromatic rings. The van der Waals surface area contributed by atoms with Crippen molar-refractivity contribution in [3.05, 3.63) is 0 Å². The van der Waals surface area contributed by atoms with Gasteiger partial charge in [-0.15, -0.1) is 0 Å². The Bertz CT molecular complexity index is 399. The number of esters is 2. The van der Waals surface area contributed by atoms with Crippen molar-refractivity contribution in [3.63, 3.8) is 0 Å². The predicted octanol–water partition coefficient (Wildman–Crippen LogP) is 2.24. The van der Waals surface area contributed by atoms with Crippen LogP contribution in [-0.4, -0.2) is 23.1 Å². The molecule has 0 aliphatic carbocycles. The summed E-state index contributed by atoms with van der Waals surface area (Å²) in [5.41, 5.74) is -2.26. The molecule has 0 aliphatic heterocycles. The molecule has 0 unspecified atom stereocenters. The first-order valence-corrected chi connectivity index (χ1v) is 6.38. The number of unbranched alkanes of at least 4 members (excludes halogenated alkanes) is 1. The Morgan fingerprint density at radius 3 is 1.40 bits per heavy atom. The standard InChI is InChI=1S/C14H20N2O4/c1-13(2,9-15)19-11(17)7-5-6-8-12(18)20-14(3,4)10-16/h5-8H2,1-4H3. The molecule has 0 aliphatic rings. The van der Waals surface area contributed by atoms with E-state index in [1.54, 1.807) is 0 Å². The average Bonchev–Trinajstić information content (AvgIpc) is 2.33. The smallest absolute Gasteiger partial charge is 0.307 e. The summed E-state index contributed by atoms with van der Waals surface area (Å²) in [5, 5.41) is 17.4. The fraction of sp³-hybridized carbons (Fsp3) is 0.714. The maximum Gasteiger partial charge on any atom is 0.307 e. The van der Waals surface area contributed by atoms with Gasteiger partial charge in [-0.05, 0) is 40.5 Å². The lowest BCUT2D eigenvalue weighted by molar-refractivity contribution is -0.154. The number of hydrogen-bond acceptors (Lipinski definition) is 6. The van der Waals surface area contributed by atoms with Gasteiger partial charge >= 0.3 is 11.9 Å². The summed E-state index contributed by atoms with van der Waals surface area (Å²) in [7, 11) is 0. The quantitative estimate of drug-likeness (QED) is 0.523. The molecule has 0 rings (SSSR count). The van der Waals surface area contributed by atoms with Gasteiger partial charge in [0.25, 0.3) is 0 Å². The molecule has 0 heterocycles. The van der Waals surface area contributed by atoms with Gasteiger partial charge in [0.2, 0.25) is 0 Å². The highest BCUT2D eigenvalue weighted by Gasteiger charge is 2.23. The highest BCUT2D eigenvalue weighted by Crippen LogP contribution is 2.13. The van der Waals surface area contributed by atoms with E-state index in [-0.39, 0.29) is 12.8 Å². The van der Waals surface area contributed by atoms with Crippen molar-refractivity contribution in [2.75, 3.05) is 0 Å². The Morgan fingerprint density at radius 2 is 1.15 bits per heavy atom. The minimum absolute atomic E-state index is 0.139. The molecule has 0 spiro atoms. The van der Waals surface area contributed by atoms with E-state index >= 15 is 0 Å². The van der Waals surface area contributed by atoms with Crippen molar-refractivity contribution in [2.45, 2.75) is 64.6 Å². The average molecular weight is 280 g/mol. The van der Waals surface area contributed by atoms with Crippen molar-refractivity contribution in [2.24, 2.45) is 0 Å². The maximum absolute atomic E-state index is 11.4.